The van der Waals surface area contributed by atoms with Crippen molar-refractivity contribution in [2.24, 2.45) is 22.7 Å². The highest BCUT2D eigenvalue weighted by molar-refractivity contribution is 5.65. The Morgan fingerprint density at radius 2 is 2.00 bits per heavy atom. The van der Waals surface area contributed by atoms with Crippen LogP contribution in [0.25, 0.3) is 0 Å². The Hall–Kier alpha value is -0.870. The molecular formula is C19H30O4. The zero-order valence-corrected chi connectivity index (χ0v) is 14.7. The lowest BCUT2D eigenvalue weighted by molar-refractivity contribution is -0.242. The van der Waals surface area contributed by atoms with E-state index in [1.807, 2.05) is 0 Å². The summed E-state index contributed by atoms with van der Waals surface area (Å²) in [5.74, 6) is 0.383. The summed E-state index contributed by atoms with van der Waals surface area (Å²) in [7, 11) is 0. The second-order valence-electron chi connectivity index (χ2n) is 8.03. The number of hydrogen-bond donors (Lipinski definition) is 0. The first kappa shape index (κ1) is 17.0. The minimum Gasteiger partial charge on any atom is -0.465 e. The van der Waals surface area contributed by atoms with Crippen molar-refractivity contribution in [3.05, 3.63) is 12.7 Å². The lowest BCUT2D eigenvalue weighted by atomic mass is 9.47. The van der Waals surface area contributed by atoms with Crippen molar-refractivity contribution in [2.75, 3.05) is 19.8 Å². The van der Waals surface area contributed by atoms with Gasteiger partial charge in [0.1, 0.15) is 0 Å². The molecule has 1 aliphatic heterocycles. The van der Waals surface area contributed by atoms with Gasteiger partial charge in [-0.25, -0.2) is 0 Å². The third-order valence-electron chi connectivity index (χ3n) is 6.88. The molecule has 2 aliphatic carbocycles. The number of rotatable bonds is 3. The molecule has 0 bridgehead atoms. The van der Waals surface area contributed by atoms with Crippen molar-refractivity contribution in [3.8, 4) is 0 Å². The normalized spacial score (nSPS) is 42.2. The number of carbonyl (C=O) groups excluding carboxylic acids is 1. The molecular weight excluding hydrogens is 292 g/mol. The van der Waals surface area contributed by atoms with E-state index in [2.05, 4.69) is 26.5 Å². The quantitative estimate of drug-likeness (QED) is 0.587. The fourth-order valence-corrected chi connectivity index (χ4v) is 5.37. The SMILES string of the molecule is C=C[C@@]1(C)[C@H](C)CC[C@@]2(COC(C)=O)CC3(CC[C@@H]21)OCCO3. The van der Waals surface area contributed by atoms with Crippen molar-refractivity contribution in [1.29, 1.82) is 0 Å². The van der Waals surface area contributed by atoms with E-state index in [-0.39, 0.29) is 16.8 Å². The molecule has 0 aromatic heterocycles. The van der Waals surface area contributed by atoms with Crippen LogP contribution in [0.15, 0.2) is 12.7 Å². The second kappa shape index (κ2) is 5.89. The van der Waals surface area contributed by atoms with Crippen LogP contribution in [0.4, 0.5) is 0 Å². The van der Waals surface area contributed by atoms with Gasteiger partial charge in [-0.2, -0.15) is 0 Å². The van der Waals surface area contributed by atoms with E-state index in [0.717, 1.165) is 32.1 Å². The van der Waals surface area contributed by atoms with Crippen LogP contribution < -0.4 is 0 Å². The van der Waals surface area contributed by atoms with Gasteiger partial charge >= 0.3 is 5.97 Å². The van der Waals surface area contributed by atoms with Crippen LogP contribution >= 0.6 is 0 Å². The van der Waals surface area contributed by atoms with E-state index in [1.165, 1.54) is 6.92 Å². The maximum atomic E-state index is 11.5. The molecule has 3 rings (SSSR count). The topological polar surface area (TPSA) is 44.8 Å². The average molecular weight is 322 g/mol. The Kier molecular flexibility index (Phi) is 4.35. The fraction of sp³-hybridized carbons (Fsp3) is 0.842. The zero-order valence-electron chi connectivity index (χ0n) is 14.7. The highest BCUT2D eigenvalue weighted by atomic mass is 16.7. The molecule has 0 aromatic rings. The fourth-order valence-electron chi connectivity index (χ4n) is 5.37. The van der Waals surface area contributed by atoms with Crippen molar-refractivity contribution >= 4 is 5.97 Å². The Morgan fingerprint density at radius 3 is 2.61 bits per heavy atom. The summed E-state index contributed by atoms with van der Waals surface area (Å²) in [5, 5.41) is 0. The van der Waals surface area contributed by atoms with Gasteiger partial charge in [0.25, 0.3) is 0 Å². The number of hydrogen-bond acceptors (Lipinski definition) is 4. The van der Waals surface area contributed by atoms with E-state index in [4.69, 9.17) is 14.2 Å². The van der Waals surface area contributed by atoms with Gasteiger partial charge in [0, 0.05) is 25.2 Å². The lowest BCUT2D eigenvalue weighted by Gasteiger charge is -2.60. The summed E-state index contributed by atoms with van der Waals surface area (Å²) in [6.07, 6.45) is 7.11. The molecule has 0 N–H and O–H groups in total. The highest BCUT2D eigenvalue weighted by Crippen LogP contribution is 2.63. The van der Waals surface area contributed by atoms with Crippen LogP contribution in [-0.2, 0) is 19.0 Å². The molecule has 3 aliphatic rings. The van der Waals surface area contributed by atoms with Crippen LogP contribution in [0.5, 0.6) is 0 Å². The molecule has 4 atom stereocenters. The second-order valence-corrected chi connectivity index (χ2v) is 8.03. The minimum absolute atomic E-state index is 0.0658. The van der Waals surface area contributed by atoms with Gasteiger partial charge < -0.3 is 14.2 Å². The third-order valence-corrected chi connectivity index (χ3v) is 6.88. The van der Waals surface area contributed by atoms with Gasteiger partial charge in [0.05, 0.1) is 19.8 Å². The van der Waals surface area contributed by atoms with Crippen LogP contribution in [0.2, 0.25) is 0 Å². The predicted octanol–water partition coefficient (Wildman–Crippen LogP) is 3.70. The molecule has 4 nitrogen and oxygen atoms in total. The third kappa shape index (κ3) is 2.74. The molecule has 2 saturated carbocycles. The molecule has 0 radical (unpaired) electrons. The first-order valence-corrected chi connectivity index (χ1v) is 8.91. The van der Waals surface area contributed by atoms with Gasteiger partial charge in [-0.1, -0.05) is 19.9 Å². The van der Waals surface area contributed by atoms with E-state index in [1.54, 1.807) is 0 Å². The molecule has 0 aromatic carbocycles. The Balaban J connectivity index is 1.93. The van der Waals surface area contributed by atoms with Gasteiger partial charge in [-0.05, 0) is 36.5 Å². The predicted molar refractivity (Wildman–Crippen MR) is 87.7 cm³/mol. The number of allylic oxidation sites excluding steroid dienone is 1. The van der Waals surface area contributed by atoms with E-state index < -0.39 is 5.79 Å². The van der Waals surface area contributed by atoms with Crippen LogP contribution in [0.1, 0.15) is 52.9 Å². The zero-order chi connectivity index (χ0) is 16.7. The van der Waals surface area contributed by atoms with Gasteiger partial charge in [-0.15, -0.1) is 6.58 Å². The summed E-state index contributed by atoms with van der Waals surface area (Å²) in [4.78, 5) is 11.5. The largest absolute Gasteiger partial charge is 0.465 e. The molecule has 1 spiro atoms. The van der Waals surface area contributed by atoms with Crippen molar-refractivity contribution < 1.29 is 19.0 Å². The summed E-state index contributed by atoms with van der Waals surface area (Å²) in [6.45, 7) is 12.1. The Bertz CT molecular complexity index is 482. The van der Waals surface area contributed by atoms with Crippen LogP contribution in [0, 0.1) is 22.7 Å². The van der Waals surface area contributed by atoms with E-state index in [0.29, 0.717) is 31.7 Å². The Labute approximate surface area is 139 Å². The average Bonchev–Trinajstić information content (AvgIpc) is 2.97. The molecule has 1 saturated heterocycles. The van der Waals surface area contributed by atoms with Gasteiger partial charge in [0.15, 0.2) is 5.79 Å². The molecule has 130 valence electrons. The first-order chi connectivity index (χ1) is 10.9. The molecule has 0 amide bonds. The molecule has 4 heteroatoms. The maximum absolute atomic E-state index is 11.5. The summed E-state index contributed by atoms with van der Waals surface area (Å²) in [5.41, 5.74) is 0.00230. The standard InChI is InChI=1S/C19H30O4/c1-5-17(4)14(2)6-8-18(13-21-15(3)20)12-19(9-7-16(17)18)22-10-11-23-19/h5,14,16H,1,6-13H2,2-4H3/t14-,16-,17+,18+/m1/s1. The number of esters is 1. The minimum atomic E-state index is -0.459. The van der Waals surface area contributed by atoms with E-state index >= 15 is 0 Å². The Morgan fingerprint density at radius 1 is 1.30 bits per heavy atom. The van der Waals surface area contributed by atoms with Gasteiger partial charge in [-0.3, -0.25) is 4.79 Å². The first-order valence-electron chi connectivity index (χ1n) is 8.91. The number of carbonyl (C=O) groups is 1. The van der Waals surface area contributed by atoms with Crippen LogP contribution in [0.3, 0.4) is 0 Å². The smallest absolute Gasteiger partial charge is 0.302 e. The summed E-state index contributed by atoms with van der Waals surface area (Å²) < 4.78 is 17.5. The number of ether oxygens (including phenoxy) is 3. The maximum Gasteiger partial charge on any atom is 0.302 e. The monoisotopic (exact) mass is 322 g/mol. The number of fused-ring (bicyclic) bond motifs is 1. The summed E-state index contributed by atoms with van der Waals surface area (Å²) in [6, 6.07) is 0. The van der Waals surface area contributed by atoms with Crippen molar-refractivity contribution in [2.45, 2.75) is 58.7 Å². The lowest BCUT2D eigenvalue weighted by Crippen LogP contribution is -2.57. The molecule has 0 unspecified atom stereocenters. The molecule has 3 fully saturated rings. The van der Waals surface area contributed by atoms with Crippen LogP contribution in [-0.4, -0.2) is 31.6 Å². The van der Waals surface area contributed by atoms with Gasteiger partial charge in [0.2, 0.25) is 0 Å². The highest BCUT2D eigenvalue weighted by Gasteiger charge is 2.60. The van der Waals surface area contributed by atoms with Crippen molar-refractivity contribution in [1.82, 2.24) is 0 Å². The molecule has 1 heterocycles. The van der Waals surface area contributed by atoms with Crippen molar-refractivity contribution in [3.63, 3.8) is 0 Å². The summed E-state index contributed by atoms with van der Waals surface area (Å²) >= 11 is 0. The molecule has 23 heavy (non-hydrogen) atoms. The van der Waals surface area contributed by atoms with E-state index in [9.17, 15) is 4.79 Å².